The monoisotopic (exact) mass is 265 g/mol. The van der Waals surface area contributed by atoms with Crippen LogP contribution in [0.3, 0.4) is 0 Å². The molecule has 19 heavy (non-hydrogen) atoms. The van der Waals surface area contributed by atoms with Gasteiger partial charge in [0.2, 0.25) is 0 Å². The zero-order chi connectivity index (χ0) is 13.6. The highest BCUT2D eigenvalue weighted by Crippen LogP contribution is 2.26. The molecule has 106 valence electrons. The number of rotatable bonds is 6. The Hall–Kier alpha value is -1.33. The Morgan fingerprint density at radius 1 is 1.32 bits per heavy atom. The first kappa shape index (κ1) is 14.1. The van der Waals surface area contributed by atoms with E-state index in [1.165, 1.54) is 0 Å². The summed E-state index contributed by atoms with van der Waals surface area (Å²) in [6.45, 7) is 4.56. The molecule has 1 aliphatic rings. The Morgan fingerprint density at radius 2 is 2.05 bits per heavy atom. The van der Waals surface area contributed by atoms with Crippen LogP contribution in [0, 0.1) is 0 Å². The van der Waals surface area contributed by atoms with Crippen molar-refractivity contribution in [2.75, 3.05) is 37.0 Å². The third-order valence-electron chi connectivity index (χ3n) is 3.48. The molecule has 2 rings (SSSR count). The van der Waals surface area contributed by atoms with Crippen LogP contribution in [0.5, 0.6) is 0 Å². The minimum absolute atomic E-state index is 0.114. The zero-order valence-electron chi connectivity index (χ0n) is 11.5. The van der Waals surface area contributed by atoms with Gasteiger partial charge in [-0.25, -0.2) is 0 Å². The first-order chi connectivity index (χ1) is 9.28. The maximum atomic E-state index is 9.66. The molecule has 0 unspecified atom stereocenters. The van der Waals surface area contributed by atoms with Gasteiger partial charge in [0.15, 0.2) is 0 Å². The first-order valence-corrected chi connectivity index (χ1v) is 6.94. The van der Waals surface area contributed by atoms with Gasteiger partial charge in [-0.05, 0) is 25.3 Å². The van der Waals surface area contributed by atoms with Gasteiger partial charge in [-0.2, -0.15) is 0 Å². The molecule has 5 heteroatoms. The van der Waals surface area contributed by atoms with E-state index in [1.54, 1.807) is 6.20 Å². The van der Waals surface area contributed by atoms with Crippen LogP contribution in [0.15, 0.2) is 18.5 Å². The first-order valence-electron chi connectivity index (χ1n) is 6.94. The lowest BCUT2D eigenvalue weighted by molar-refractivity contribution is 0.0380. The number of aromatic nitrogens is 1. The molecule has 0 spiro atoms. The summed E-state index contributed by atoms with van der Waals surface area (Å²) in [4.78, 5) is 4.23. The largest absolute Gasteiger partial charge is 0.394 e. The van der Waals surface area contributed by atoms with Gasteiger partial charge in [-0.15, -0.1) is 0 Å². The average Bonchev–Trinajstić information content (AvgIpc) is 2.46. The second-order valence-corrected chi connectivity index (χ2v) is 5.06. The Morgan fingerprint density at radius 3 is 2.74 bits per heavy atom. The molecule has 5 nitrogen and oxygen atoms in total. The van der Waals surface area contributed by atoms with Crippen molar-refractivity contribution in [1.29, 1.82) is 0 Å². The van der Waals surface area contributed by atoms with Gasteiger partial charge in [-0.3, -0.25) is 4.98 Å². The Labute approximate surface area is 114 Å². The van der Waals surface area contributed by atoms with E-state index in [4.69, 9.17) is 4.74 Å². The van der Waals surface area contributed by atoms with Crippen LogP contribution in [0.4, 0.5) is 11.4 Å². The van der Waals surface area contributed by atoms with Crippen molar-refractivity contribution in [3.05, 3.63) is 18.5 Å². The normalized spacial score (nSPS) is 18.0. The topological polar surface area (TPSA) is 66.4 Å². The third kappa shape index (κ3) is 3.81. The van der Waals surface area contributed by atoms with Crippen LogP contribution in [-0.2, 0) is 4.74 Å². The Balaban J connectivity index is 2.04. The van der Waals surface area contributed by atoms with Crippen LogP contribution in [0.25, 0.3) is 0 Å². The maximum absolute atomic E-state index is 9.66. The van der Waals surface area contributed by atoms with Crippen molar-refractivity contribution < 1.29 is 9.84 Å². The van der Waals surface area contributed by atoms with E-state index in [0.717, 1.165) is 37.2 Å². The molecule has 2 heterocycles. The van der Waals surface area contributed by atoms with Crippen molar-refractivity contribution in [3.8, 4) is 0 Å². The SMILES string of the molecule is CCCNc1cncc(NC2(CO)CCOCC2)c1. The van der Waals surface area contributed by atoms with Gasteiger partial charge in [0.05, 0.1) is 35.9 Å². The maximum Gasteiger partial charge on any atom is 0.0663 e. The predicted molar refractivity (Wildman–Crippen MR) is 76.5 cm³/mol. The van der Waals surface area contributed by atoms with Crippen molar-refractivity contribution in [1.82, 2.24) is 4.98 Å². The lowest BCUT2D eigenvalue weighted by Gasteiger charge is -2.37. The molecular formula is C14H23N3O2. The lowest BCUT2D eigenvalue weighted by Crippen LogP contribution is -2.46. The summed E-state index contributed by atoms with van der Waals surface area (Å²) in [6, 6.07) is 2.04. The minimum atomic E-state index is -0.274. The molecule has 0 bridgehead atoms. The van der Waals surface area contributed by atoms with Crippen LogP contribution in [-0.4, -0.2) is 42.0 Å². The number of anilines is 2. The second kappa shape index (κ2) is 6.73. The Bertz CT molecular complexity index is 392. The fourth-order valence-corrected chi connectivity index (χ4v) is 2.27. The highest BCUT2D eigenvalue weighted by atomic mass is 16.5. The summed E-state index contributed by atoms with van der Waals surface area (Å²) in [5, 5.41) is 16.4. The molecule has 1 aromatic heterocycles. The number of nitrogens with one attached hydrogen (secondary N) is 2. The molecule has 0 aromatic carbocycles. The number of hydrogen-bond donors (Lipinski definition) is 3. The summed E-state index contributed by atoms with van der Waals surface area (Å²) in [5.74, 6) is 0. The van der Waals surface area contributed by atoms with E-state index >= 15 is 0 Å². The lowest BCUT2D eigenvalue weighted by atomic mass is 9.91. The number of pyridine rings is 1. The van der Waals surface area contributed by atoms with Crippen LogP contribution in [0.1, 0.15) is 26.2 Å². The van der Waals surface area contributed by atoms with Gasteiger partial charge in [0.1, 0.15) is 0 Å². The van der Waals surface area contributed by atoms with Crippen LogP contribution < -0.4 is 10.6 Å². The molecular weight excluding hydrogens is 242 g/mol. The van der Waals surface area contributed by atoms with E-state index in [-0.39, 0.29) is 12.1 Å². The fourth-order valence-electron chi connectivity index (χ4n) is 2.27. The quantitative estimate of drug-likeness (QED) is 0.732. The van der Waals surface area contributed by atoms with E-state index in [0.29, 0.717) is 13.2 Å². The van der Waals surface area contributed by atoms with Crippen molar-refractivity contribution in [2.24, 2.45) is 0 Å². The highest BCUT2D eigenvalue weighted by Gasteiger charge is 2.31. The molecule has 0 atom stereocenters. The Kier molecular flexibility index (Phi) is 4.99. The summed E-state index contributed by atoms with van der Waals surface area (Å²) in [5.41, 5.74) is 1.67. The molecule has 1 fully saturated rings. The molecule has 1 saturated heterocycles. The minimum Gasteiger partial charge on any atom is -0.394 e. The molecule has 1 aromatic rings. The summed E-state index contributed by atoms with van der Waals surface area (Å²) < 4.78 is 5.36. The average molecular weight is 265 g/mol. The molecule has 0 saturated carbocycles. The fraction of sp³-hybridized carbons (Fsp3) is 0.643. The predicted octanol–water partition coefficient (Wildman–Crippen LogP) is 1.86. The van der Waals surface area contributed by atoms with Crippen molar-refractivity contribution in [2.45, 2.75) is 31.7 Å². The molecule has 0 radical (unpaired) electrons. The van der Waals surface area contributed by atoms with Crippen molar-refractivity contribution in [3.63, 3.8) is 0 Å². The van der Waals surface area contributed by atoms with Gasteiger partial charge >= 0.3 is 0 Å². The number of nitrogens with zero attached hydrogens (tertiary/aromatic N) is 1. The number of aliphatic hydroxyl groups is 1. The second-order valence-electron chi connectivity index (χ2n) is 5.06. The van der Waals surface area contributed by atoms with E-state index in [2.05, 4.69) is 22.5 Å². The van der Waals surface area contributed by atoms with Crippen molar-refractivity contribution >= 4 is 11.4 Å². The van der Waals surface area contributed by atoms with Crippen LogP contribution >= 0.6 is 0 Å². The van der Waals surface area contributed by atoms with Gasteiger partial charge < -0.3 is 20.5 Å². The van der Waals surface area contributed by atoms with Gasteiger partial charge in [0, 0.05) is 19.8 Å². The number of aliphatic hydroxyl groups excluding tert-OH is 1. The number of hydrogen-bond acceptors (Lipinski definition) is 5. The smallest absolute Gasteiger partial charge is 0.0663 e. The van der Waals surface area contributed by atoms with E-state index < -0.39 is 0 Å². The summed E-state index contributed by atoms with van der Waals surface area (Å²) in [6.07, 6.45) is 6.32. The molecule has 0 aliphatic carbocycles. The standard InChI is InChI=1S/C14H23N3O2/c1-2-5-16-12-8-13(10-15-9-12)17-14(11-18)3-6-19-7-4-14/h8-10,16-18H,2-7,11H2,1H3. The summed E-state index contributed by atoms with van der Waals surface area (Å²) in [7, 11) is 0. The summed E-state index contributed by atoms with van der Waals surface area (Å²) >= 11 is 0. The molecule has 0 amide bonds. The van der Waals surface area contributed by atoms with E-state index in [9.17, 15) is 5.11 Å². The van der Waals surface area contributed by atoms with Gasteiger partial charge in [-0.1, -0.05) is 6.92 Å². The molecule has 1 aliphatic heterocycles. The molecule has 3 N–H and O–H groups in total. The van der Waals surface area contributed by atoms with E-state index in [1.807, 2.05) is 12.3 Å². The number of ether oxygens (including phenoxy) is 1. The van der Waals surface area contributed by atoms with Gasteiger partial charge in [0.25, 0.3) is 0 Å². The van der Waals surface area contributed by atoms with Crippen LogP contribution in [0.2, 0.25) is 0 Å². The zero-order valence-corrected chi connectivity index (χ0v) is 11.5. The highest BCUT2D eigenvalue weighted by molar-refractivity contribution is 5.55. The third-order valence-corrected chi connectivity index (χ3v) is 3.48.